The molecule has 6 heteroatoms. The summed E-state index contributed by atoms with van der Waals surface area (Å²) in [5.74, 6) is -2.01. The Kier molecular flexibility index (Phi) is 4.56. The number of nitrogens with two attached hydrogens (primary N) is 1. The van der Waals surface area contributed by atoms with Crippen molar-refractivity contribution in [2.24, 2.45) is 5.73 Å². The highest BCUT2D eigenvalue weighted by Gasteiger charge is 2.20. The molecule has 0 aromatic rings. The van der Waals surface area contributed by atoms with Crippen LogP contribution in [0.4, 0.5) is 0 Å². The first-order valence-corrected chi connectivity index (χ1v) is 5.26. The van der Waals surface area contributed by atoms with Gasteiger partial charge in [0.15, 0.2) is 5.78 Å². The Morgan fingerprint density at radius 3 is 1.89 bits per heavy atom. The summed E-state index contributed by atoms with van der Waals surface area (Å²) in [7, 11) is 0. The number of carbonyl (C=O) groups is 3. The van der Waals surface area contributed by atoms with Crippen molar-refractivity contribution in [1.82, 2.24) is 0 Å². The number of carboxylic acids is 2. The lowest BCUT2D eigenvalue weighted by Gasteiger charge is -2.01. The topological polar surface area (TPSA) is 118 Å². The van der Waals surface area contributed by atoms with Crippen LogP contribution in [0.2, 0.25) is 0 Å². The zero-order valence-electron chi connectivity index (χ0n) is 9.50. The standard InChI is InChI=1S/C7H4O.C5H9NO4/c8-7-5-1-2-6(7)4-3-5;6-3(5(9)10)1-2-4(7)8/h1-4H;3H,1-2,6H2,(H,7,8)(H,9,10)/t;3-/m.0/s1. The van der Waals surface area contributed by atoms with Gasteiger partial charge in [-0.15, -0.1) is 0 Å². The van der Waals surface area contributed by atoms with Crippen LogP contribution < -0.4 is 5.73 Å². The van der Waals surface area contributed by atoms with Crippen molar-refractivity contribution in [3.63, 3.8) is 0 Å². The summed E-state index contributed by atoms with van der Waals surface area (Å²) in [5, 5.41) is 16.3. The third-order valence-electron chi connectivity index (χ3n) is 2.40. The average Bonchev–Trinajstić information content (AvgIpc) is 2.85. The van der Waals surface area contributed by atoms with E-state index in [1.165, 1.54) is 0 Å². The minimum atomic E-state index is -1.17. The second-order valence-electron chi connectivity index (χ2n) is 3.78. The van der Waals surface area contributed by atoms with Gasteiger partial charge in [0.05, 0.1) is 0 Å². The molecule has 2 aliphatic carbocycles. The lowest BCUT2D eigenvalue weighted by Crippen LogP contribution is -2.30. The molecule has 0 heterocycles. The van der Waals surface area contributed by atoms with Crippen molar-refractivity contribution in [1.29, 1.82) is 0 Å². The molecule has 0 unspecified atom stereocenters. The van der Waals surface area contributed by atoms with E-state index in [4.69, 9.17) is 15.9 Å². The van der Waals surface area contributed by atoms with Gasteiger partial charge in [0.25, 0.3) is 0 Å². The summed E-state index contributed by atoms with van der Waals surface area (Å²) in [6.07, 6.45) is 7.16. The fourth-order valence-electron chi connectivity index (χ4n) is 1.34. The van der Waals surface area contributed by atoms with E-state index < -0.39 is 18.0 Å². The van der Waals surface area contributed by atoms with Crippen LogP contribution in [0.3, 0.4) is 0 Å². The van der Waals surface area contributed by atoms with Crippen molar-refractivity contribution in [3.05, 3.63) is 35.5 Å². The van der Waals surface area contributed by atoms with Gasteiger partial charge in [-0.3, -0.25) is 14.4 Å². The fourth-order valence-corrected chi connectivity index (χ4v) is 1.34. The predicted molar refractivity (Wildman–Crippen MR) is 62.8 cm³/mol. The normalized spacial score (nSPS) is 16.6. The van der Waals surface area contributed by atoms with Gasteiger partial charge in [0.2, 0.25) is 0 Å². The van der Waals surface area contributed by atoms with E-state index in [9.17, 15) is 14.4 Å². The predicted octanol–water partition coefficient (Wildman–Crippen LogP) is 0.255. The molecule has 0 saturated heterocycles. The number of ketones is 1. The van der Waals surface area contributed by atoms with E-state index in [2.05, 4.69) is 0 Å². The number of hydrogen-bond acceptors (Lipinski definition) is 4. The van der Waals surface area contributed by atoms with Crippen molar-refractivity contribution < 1.29 is 24.6 Å². The van der Waals surface area contributed by atoms with Crippen LogP contribution in [0.5, 0.6) is 0 Å². The molecule has 0 amide bonds. The van der Waals surface area contributed by atoms with Crippen LogP contribution in [0, 0.1) is 0 Å². The van der Waals surface area contributed by atoms with Crippen LogP contribution in [-0.2, 0) is 14.4 Å². The second kappa shape index (κ2) is 5.92. The SMILES string of the molecule is N[C@@H](CCC(=O)O)C(=O)O.O=C1C2=CC=C1C=C2. The van der Waals surface area contributed by atoms with Crippen LogP contribution in [0.1, 0.15) is 12.8 Å². The first kappa shape index (κ1) is 13.9. The maximum atomic E-state index is 10.8. The van der Waals surface area contributed by atoms with Gasteiger partial charge in [-0.05, 0) is 6.42 Å². The van der Waals surface area contributed by atoms with E-state index in [1.807, 2.05) is 24.3 Å². The lowest BCUT2D eigenvalue weighted by molar-refractivity contribution is -0.139. The molecule has 0 fully saturated rings. The van der Waals surface area contributed by atoms with Crippen LogP contribution in [0.25, 0.3) is 0 Å². The number of hydrogen-bond donors (Lipinski definition) is 3. The molecule has 0 aromatic carbocycles. The highest BCUT2D eigenvalue weighted by Crippen LogP contribution is 2.23. The minimum absolute atomic E-state index is 0.0231. The minimum Gasteiger partial charge on any atom is -0.481 e. The molecule has 0 aliphatic heterocycles. The third-order valence-corrected chi connectivity index (χ3v) is 2.40. The zero-order valence-corrected chi connectivity index (χ0v) is 9.50. The summed E-state index contributed by atoms with van der Waals surface area (Å²) < 4.78 is 0. The largest absolute Gasteiger partial charge is 0.481 e. The van der Waals surface area contributed by atoms with Crippen LogP contribution in [-0.4, -0.2) is 34.0 Å². The summed E-state index contributed by atoms with van der Waals surface area (Å²) in [6, 6.07) is -1.06. The molecule has 0 spiro atoms. The average molecular weight is 251 g/mol. The highest BCUT2D eigenvalue weighted by molar-refractivity contribution is 6.17. The molecule has 0 saturated carbocycles. The van der Waals surface area contributed by atoms with E-state index in [1.54, 1.807) is 0 Å². The Hall–Kier alpha value is -2.21. The summed E-state index contributed by atoms with van der Waals surface area (Å²) >= 11 is 0. The Morgan fingerprint density at radius 2 is 1.67 bits per heavy atom. The van der Waals surface area contributed by atoms with Crippen molar-refractivity contribution >= 4 is 17.7 Å². The lowest BCUT2D eigenvalue weighted by atomic mass is 10.2. The van der Waals surface area contributed by atoms with Gasteiger partial charge in [0, 0.05) is 17.6 Å². The van der Waals surface area contributed by atoms with Gasteiger partial charge in [0.1, 0.15) is 6.04 Å². The quantitative estimate of drug-likeness (QED) is 0.659. The van der Waals surface area contributed by atoms with Gasteiger partial charge in [-0.25, -0.2) is 0 Å². The van der Waals surface area contributed by atoms with Crippen LogP contribution in [0.15, 0.2) is 35.5 Å². The number of Topliss-reactive ketones (excluding diaryl/α,β-unsaturated/α-hetero) is 1. The molecule has 2 rings (SSSR count). The fraction of sp³-hybridized carbons (Fsp3) is 0.250. The Balaban J connectivity index is 0.000000182. The molecule has 2 aliphatic rings. The molecule has 0 radical (unpaired) electrons. The Labute approximate surface area is 103 Å². The summed E-state index contributed by atoms with van der Waals surface area (Å²) in [6.45, 7) is 0. The third kappa shape index (κ3) is 3.67. The Morgan fingerprint density at radius 1 is 1.17 bits per heavy atom. The number of fused-ring (bicyclic) bond motifs is 2. The van der Waals surface area contributed by atoms with E-state index in [0.29, 0.717) is 0 Å². The summed E-state index contributed by atoms with van der Waals surface area (Å²) in [4.78, 5) is 30.6. The monoisotopic (exact) mass is 251 g/mol. The van der Waals surface area contributed by atoms with Crippen molar-refractivity contribution in [2.75, 3.05) is 0 Å². The number of aliphatic carboxylic acids is 2. The molecule has 96 valence electrons. The maximum Gasteiger partial charge on any atom is 0.320 e. The molecule has 4 N–H and O–H groups in total. The molecular weight excluding hydrogens is 238 g/mol. The van der Waals surface area contributed by atoms with E-state index in [-0.39, 0.29) is 18.6 Å². The van der Waals surface area contributed by atoms with Gasteiger partial charge in [-0.2, -0.15) is 0 Å². The van der Waals surface area contributed by atoms with Crippen LogP contribution >= 0.6 is 0 Å². The smallest absolute Gasteiger partial charge is 0.320 e. The van der Waals surface area contributed by atoms with Gasteiger partial charge in [-0.1, -0.05) is 24.3 Å². The van der Waals surface area contributed by atoms with Crippen molar-refractivity contribution in [3.8, 4) is 0 Å². The number of carboxylic acid groups (broad SMARTS) is 2. The number of allylic oxidation sites excluding steroid dienone is 6. The molecule has 1 atom stereocenters. The molecule has 6 nitrogen and oxygen atoms in total. The van der Waals surface area contributed by atoms with Gasteiger partial charge >= 0.3 is 11.9 Å². The van der Waals surface area contributed by atoms with E-state index >= 15 is 0 Å². The molecule has 2 bridgehead atoms. The molecule has 18 heavy (non-hydrogen) atoms. The van der Waals surface area contributed by atoms with E-state index in [0.717, 1.165) is 11.1 Å². The molecule has 0 aromatic heterocycles. The molecular formula is C12H13NO5. The number of carbonyl (C=O) groups excluding carboxylic acids is 1. The first-order chi connectivity index (χ1) is 8.41. The zero-order chi connectivity index (χ0) is 13.7. The first-order valence-electron chi connectivity index (χ1n) is 5.26. The Bertz CT molecular complexity index is 449. The maximum absolute atomic E-state index is 10.8. The highest BCUT2D eigenvalue weighted by atomic mass is 16.4. The van der Waals surface area contributed by atoms with Crippen molar-refractivity contribution in [2.45, 2.75) is 18.9 Å². The summed E-state index contributed by atoms with van der Waals surface area (Å²) in [5.41, 5.74) is 6.67. The second-order valence-corrected chi connectivity index (χ2v) is 3.78. The number of rotatable bonds is 4. The van der Waals surface area contributed by atoms with Gasteiger partial charge < -0.3 is 15.9 Å².